The van der Waals surface area contributed by atoms with Crippen LogP contribution < -0.4 is 5.56 Å². The molecule has 2 heterocycles. The molecule has 3 rings (SSSR count). The molecule has 0 aliphatic heterocycles. The number of sulfonamides is 1. The number of nitrogens with zero attached hydrogens (tertiary/aromatic N) is 3. The molecule has 11 heteroatoms. The Hall–Kier alpha value is -1.98. The lowest BCUT2D eigenvalue weighted by atomic mass is 9.93. The molecule has 0 fully saturated rings. The van der Waals surface area contributed by atoms with E-state index in [1.54, 1.807) is 17.8 Å². The molecule has 0 saturated heterocycles. The first-order valence-electron chi connectivity index (χ1n) is 8.82. The first kappa shape index (κ1) is 20.7. The van der Waals surface area contributed by atoms with Crippen LogP contribution in [0.5, 0.6) is 0 Å². The van der Waals surface area contributed by atoms with Gasteiger partial charge in [-0.1, -0.05) is 0 Å². The second-order valence-corrected chi connectivity index (χ2v) is 9.30. The number of esters is 1. The van der Waals surface area contributed by atoms with Crippen LogP contribution in [-0.2, 0) is 32.5 Å². The lowest BCUT2D eigenvalue weighted by molar-refractivity contribution is -0.144. The zero-order valence-corrected chi connectivity index (χ0v) is 17.9. The number of fused-ring (bicyclic) bond motifs is 1. The Balaban J connectivity index is 1.91. The van der Waals surface area contributed by atoms with Gasteiger partial charge in [-0.25, -0.2) is 8.42 Å². The normalized spacial score (nSPS) is 16.8. The first-order chi connectivity index (χ1) is 13.3. The third-order valence-corrected chi connectivity index (χ3v) is 7.20. The maximum atomic E-state index is 13.1. The quantitative estimate of drug-likeness (QED) is 0.638. The summed E-state index contributed by atoms with van der Waals surface area (Å²) < 4.78 is 34.1. The predicted molar refractivity (Wildman–Crippen MR) is 104 cm³/mol. The second-order valence-electron chi connectivity index (χ2n) is 6.45. The largest absolute Gasteiger partial charge is 0.465 e. The molecule has 28 heavy (non-hydrogen) atoms. The number of carbonyl (C=O) groups excluding carboxylic acids is 1. The SMILES string of the molecule is CCOC(=O)Cn1ncc2c1CCCC2N(C)S(=O)(=O)c1c[nH]c(=O)c(Br)c1. The fourth-order valence-electron chi connectivity index (χ4n) is 3.36. The van der Waals surface area contributed by atoms with Crippen molar-refractivity contribution in [3.8, 4) is 0 Å². The van der Waals surface area contributed by atoms with E-state index in [2.05, 4.69) is 26.0 Å². The Morgan fingerprint density at radius 1 is 1.50 bits per heavy atom. The highest BCUT2D eigenvalue weighted by atomic mass is 79.9. The molecular formula is C17H21BrN4O5S. The zero-order chi connectivity index (χ0) is 20.5. The van der Waals surface area contributed by atoms with Crippen LogP contribution in [0.2, 0.25) is 0 Å². The van der Waals surface area contributed by atoms with Gasteiger partial charge < -0.3 is 9.72 Å². The summed E-state index contributed by atoms with van der Waals surface area (Å²) in [6, 6.07) is 0.883. The average Bonchev–Trinajstić information content (AvgIpc) is 3.06. The van der Waals surface area contributed by atoms with Gasteiger partial charge in [0.05, 0.1) is 28.2 Å². The lowest BCUT2D eigenvalue weighted by Gasteiger charge is -2.30. The average molecular weight is 473 g/mol. The molecule has 1 aliphatic carbocycles. The summed E-state index contributed by atoms with van der Waals surface area (Å²) in [5.41, 5.74) is 1.22. The van der Waals surface area contributed by atoms with Gasteiger partial charge in [0.1, 0.15) is 6.54 Å². The Morgan fingerprint density at radius 3 is 2.93 bits per heavy atom. The number of aromatic nitrogens is 3. The van der Waals surface area contributed by atoms with Crippen molar-refractivity contribution in [2.45, 2.75) is 43.7 Å². The van der Waals surface area contributed by atoms with E-state index in [1.807, 2.05) is 0 Å². The monoisotopic (exact) mass is 472 g/mol. The van der Waals surface area contributed by atoms with Gasteiger partial charge in [0.25, 0.3) is 5.56 Å². The van der Waals surface area contributed by atoms with Crippen molar-refractivity contribution in [1.82, 2.24) is 19.1 Å². The highest BCUT2D eigenvalue weighted by Gasteiger charge is 2.34. The van der Waals surface area contributed by atoms with E-state index in [1.165, 1.54) is 23.6 Å². The molecule has 0 radical (unpaired) electrons. The van der Waals surface area contributed by atoms with Gasteiger partial charge in [0, 0.05) is 24.5 Å². The lowest BCUT2D eigenvalue weighted by Crippen LogP contribution is -2.34. The number of hydrogen-bond donors (Lipinski definition) is 1. The molecule has 152 valence electrons. The van der Waals surface area contributed by atoms with Crippen LogP contribution in [0.3, 0.4) is 0 Å². The van der Waals surface area contributed by atoms with Crippen LogP contribution in [0, 0.1) is 0 Å². The molecule has 1 atom stereocenters. The van der Waals surface area contributed by atoms with Crippen molar-refractivity contribution in [3.05, 3.63) is 44.5 Å². The molecule has 1 unspecified atom stereocenters. The number of rotatable bonds is 6. The molecule has 1 aliphatic rings. The van der Waals surface area contributed by atoms with Gasteiger partial charge in [-0.3, -0.25) is 14.3 Å². The van der Waals surface area contributed by atoms with Crippen molar-refractivity contribution in [3.63, 3.8) is 0 Å². The number of H-pyrrole nitrogens is 1. The van der Waals surface area contributed by atoms with Gasteiger partial charge in [-0.15, -0.1) is 0 Å². The Kier molecular flexibility index (Phi) is 6.06. The van der Waals surface area contributed by atoms with Gasteiger partial charge in [-0.2, -0.15) is 9.40 Å². The van der Waals surface area contributed by atoms with Gasteiger partial charge >= 0.3 is 5.97 Å². The maximum absolute atomic E-state index is 13.1. The van der Waals surface area contributed by atoms with Gasteiger partial charge in [0.15, 0.2) is 0 Å². The predicted octanol–water partition coefficient (Wildman–Crippen LogP) is 1.60. The summed E-state index contributed by atoms with van der Waals surface area (Å²) >= 11 is 3.06. The van der Waals surface area contributed by atoms with Crippen molar-refractivity contribution in [2.24, 2.45) is 0 Å². The van der Waals surface area contributed by atoms with E-state index in [-0.39, 0.29) is 21.9 Å². The molecule has 0 spiro atoms. The van der Waals surface area contributed by atoms with Gasteiger partial charge in [0.2, 0.25) is 10.0 Å². The van der Waals surface area contributed by atoms with Gasteiger partial charge in [-0.05, 0) is 48.2 Å². The fourth-order valence-corrected chi connectivity index (χ4v) is 5.23. The minimum atomic E-state index is -3.84. The van der Waals surface area contributed by atoms with Crippen molar-refractivity contribution >= 4 is 31.9 Å². The summed E-state index contributed by atoms with van der Waals surface area (Å²) in [5.74, 6) is -0.380. The summed E-state index contributed by atoms with van der Waals surface area (Å²) in [5, 5.41) is 4.27. The number of halogens is 1. The molecule has 9 nitrogen and oxygen atoms in total. The number of nitrogens with one attached hydrogen (secondary N) is 1. The summed E-state index contributed by atoms with van der Waals surface area (Å²) in [6.45, 7) is 2.03. The molecule has 2 aromatic heterocycles. The van der Waals surface area contributed by atoms with Crippen LogP contribution in [-0.4, -0.2) is 47.1 Å². The molecule has 0 bridgehead atoms. The number of carbonyl (C=O) groups is 1. The summed E-state index contributed by atoms with van der Waals surface area (Å²) in [4.78, 5) is 25.7. The van der Waals surface area contributed by atoms with Crippen molar-refractivity contribution in [1.29, 1.82) is 0 Å². The standard InChI is InChI=1S/C17H21BrN4O5S/c1-3-27-16(23)10-22-15-6-4-5-14(12(15)9-20-22)21(2)28(25,26)11-7-13(18)17(24)19-8-11/h7-9,14H,3-6,10H2,1-2H3,(H,19,24). The first-order valence-corrected chi connectivity index (χ1v) is 11.1. The number of pyridine rings is 1. The smallest absolute Gasteiger partial charge is 0.327 e. The minimum absolute atomic E-state index is 0.000767. The third kappa shape index (κ3) is 3.91. The second kappa shape index (κ2) is 8.18. The number of aromatic amines is 1. The van der Waals surface area contributed by atoms with E-state index < -0.39 is 21.6 Å². The molecular weight excluding hydrogens is 452 g/mol. The number of hydrogen-bond acceptors (Lipinski definition) is 6. The Bertz CT molecular complexity index is 1050. The van der Waals surface area contributed by atoms with E-state index >= 15 is 0 Å². The Morgan fingerprint density at radius 2 is 2.25 bits per heavy atom. The molecule has 0 saturated carbocycles. The molecule has 0 aromatic carbocycles. The molecule has 0 amide bonds. The van der Waals surface area contributed by atoms with Crippen molar-refractivity contribution < 1.29 is 17.9 Å². The summed E-state index contributed by atoms with van der Waals surface area (Å²) in [6.07, 6.45) is 4.92. The van der Waals surface area contributed by atoms with Crippen LogP contribution in [0.15, 0.2) is 32.6 Å². The van der Waals surface area contributed by atoms with Crippen LogP contribution in [0.1, 0.15) is 37.1 Å². The van der Waals surface area contributed by atoms with Crippen LogP contribution in [0.4, 0.5) is 0 Å². The van der Waals surface area contributed by atoms with E-state index in [4.69, 9.17) is 4.74 Å². The highest BCUT2D eigenvalue weighted by molar-refractivity contribution is 9.10. The maximum Gasteiger partial charge on any atom is 0.327 e. The zero-order valence-electron chi connectivity index (χ0n) is 15.5. The Labute approximate surface area is 170 Å². The molecule has 2 aromatic rings. The van der Waals surface area contributed by atoms with Crippen LogP contribution >= 0.6 is 15.9 Å². The molecule has 1 N–H and O–H groups in total. The van der Waals surface area contributed by atoms with E-state index in [0.717, 1.165) is 17.7 Å². The highest BCUT2D eigenvalue weighted by Crippen LogP contribution is 2.36. The topological polar surface area (TPSA) is 114 Å². The minimum Gasteiger partial charge on any atom is -0.465 e. The van der Waals surface area contributed by atoms with Crippen molar-refractivity contribution in [2.75, 3.05) is 13.7 Å². The van der Waals surface area contributed by atoms with Crippen LogP contribution in [0.25, 0.3) is 0 Å². The fraction of sp³-hybridized carbons (Fsp3) is 0.471. The number of ether oxygens (including phenoxy) is 1. The third-order valence-electron chi connectivity index (χ3n) is 4.76. The van der Waals surface area contributed by atoms with E-state index in [9.17, 15) is 18.0 Å². The summed E-state index contributed by atoms with van der Waals surface area (Å²) in [7, 11) is -2.33. The van der Waals surface area contributed by atoms with E-state index in [0.29, 0.717) is 19.4 Å².